The molecule has 0 aliphatic carbocycles. The molecular weight excluding hydrogens is 693 g/mol. The zero-order chi connectivity index (χ0) is 40.1. The average Bonchev–Trinajstić information content (AvgIpc) is 3.14. The van der Waals surface area contributed by atoms with Crippen LogP contribution in [0.3, 0.4) is 0 Å². The fourth-order valence-electron chi connectivity index (χ4n) is 7.20. The molecule has 0 saturated heterocycles. The third-order valence-electron chi connectivity index (χ3n) is 10.8. The Kier molecular flexibility index (Phi) is 37.7. The second-order valence-corrected chi connectivity index (χ2v) is 17.4. The molecule has 0 atom stereocenters. The normalized spacial score (nSPS) is 11.7. The molecule has 0 aliphatic heterocycles. The van der Waals surface area contributed by atoms with E-state index in [1.165, 1.54) is 114 Å². The molecule has 0 aliphatic rings. The first-order valence-electron chi connectivity index (χ1n) is 23.1. The first-order valence-corrected chi connectivity index (χ1v) is 24.1. The molecule has 0 aromatic carbocycles. The van der Waals surface area contributed by atoms with Crippen LogP contribution < -0.4 is 0 Å². The van der Waals surface area contributed by atoms with Crippen LogP contribution in [-0.2, 0) is 19.1 Å². The first-order chi connectivity index (χ1) is 26.2. The number of amides is 1. The standard InChI is InChI=1S/C46H90N2O5S/c1-8-12-16-20-24-33-42(34-25-21-17-13-9-2)52-44(49)37-28-31-41(48(7)46(51)54-40-30-39-47(5)6)32-29-38-45(50)53-43(35-26-22-18-14-10-3)36-27-23-19-15-11-4/h41-43H,8-40H2,1-7H3. The van der Waals surface area contributed by atoms with Crippen molar-refractivity contribution in [2.24, 2.45) is 0 Å². The molecule has 0 radical (unpaired) electrons. The lowest BCUT2D eigenvalue weighted by molar-refractivity contribution is -0.150. The van der Waals surface area contributed by atoms with Gasteiger partial charge in [-0.15, -0.1) is 0 Å². The Labute approximate surface area is 340 Å². The van der Waals surface area contributed by atoms with Crippen molar-refractivity contribution in [3.8, 4) is 0 Å². The van der Waals surface area contributed by atoms with Gasteiger partial charge in [0.15, 0.2) is 0 Å². The molecule has 0 rings (SSSR count). The largest absolute Gasteiger partial charge is 0.462 e. The van der Waals surface area contributed by atoms with E-state index < -0.39 is 0 Å². The minimum atomic E-state index is -0.105. The fraction of sp³-hybridized carbons (Fsp3) is 0.935. The number of carbonyl (C=O) groups excluding carboxylic acids is 3. The molecule has 0 heterocycles. The highest BCUT2D eigenvalue weighted by Crippen LogP contribution is 2.23. The van der Waals surface area contributed by atoms with E-state index in [1.807, 2.05) is 11.9 Å². The summed E-state index contributed by atoms with van der Waals surface area (Å²) in [5.41, 5.74) is 0. The Morgan fingerprint density at radius 3 is 1.15 bits per heavy atom. The van der Waals surface area contributed by atoms with Gasteiger partial charge in [0.1, 0.15) is 12.2 Å². The summed E-state index contributed by atoms with van der Waals surface area (Å²) in [5.74, 6) is 0.572. The molecule has 0 fully saturated rings. The van der Waals surface area contributed by atoms with Crippen LogP contribution in [0.5, 0.6) is 0 Å². The molecule has 1 amide bonds. The molecule has 320 valence electrons. The Morgan fingerprint density at radius 2 is 0.815 bits per heavy atom. The summed E-state index contributed by atoms with van der Waals surface area (Å²) in [6, 6.07) is -0.0275. The van der Waals surface area contributed by atoms with Gasteiger partial charge in [0.05, 0.1) is 0 Å². The van der Waals surface area contributed by atoms with Crippen LogP contribution >= 0.6 is 11.8 Å². The van der Waals surface area contributed by atoms with Gasteiger partial charge in [-0.2, -0.15) is 0 Å². The van der Waals surface area contributed by atoms with Gasteiger partial charge >= 0.3 is 11.9 Å². The van der Waals surface area contributed by atoms with Crippen molar-refractivity contribution < 1.29 is 23.9 Å². The number of ether oxygens (including phenoxy) is 2. The molecule has 8 heteroatoms. The summed E-state index contributed by atoms with van der Waals surface area (Å²) >= 11 is 1.38. The number of unbranched alkanes of at least 4 members (excludes halogenated alkanes) is 16. The van der Waals surface area contributed by atoms with Crippen LogP contribution in [0, 0.1) is 0 Å². The van der Waals surface area contributed by atoms with Crippen molar-refractivity contribution in [1.29, 1.82) is 0 Å². The molecular formula is C46H90N2O5S. The van der Waals surface area contributed by atoms with Gasteiger partial charge in [-0.3, -0.25) is 14.4 Å². The number of hydrogen-bond donors (Lipinski definition) is 0. The average molecular weight is 783 g/mol. The molecule has 0 bridgehead atoms. The van der Waals surface area contributed by atoms with Crippen molar-refractivity contribution in [3.05, 3.63) is 0 Å². The number of nitrogens with zero attached hydrogens (tertiary/aromatic N) is 2. The number of hydrogen-bond acceptors (Lipinski definition) is 7. The topological polar surface area (TPSA) is 76.2 Å². The van der Waals surface area contributed by atoms with E-state index in [0.29, 0.717) is 25.7 Å². The van der Waals surface area contributed by atoms with E-state index in [0.717, 1.165) is 82.9 Å². The quantitative estimate of drug-likeness (QED) is 0.0454. The highest BCUT2D eigenvalue weighted by molar-refractivity contribution is 8.13. The molecule has 54 heavy (non-hydrogen) atoms. The van der Waals surface area contributed by atoms with Crippen LogP contribution in [0.25, 0.3) is 0 Å². The molecule has 0 aromatic heterocycles. The predicted molar refractivity (Wildman–Crippen MR) is 234 cm³/mol. The van der Waals surface area contributed by atoms with Gasteiger partial charge in [0, 0.05) is 31.7 Å². The van der Waals surface area contributed by atoms with Crippen molar-refractivity contribution in [1.82, 2.24) is 9.80 Å². The van der Waals surface area contributed by atoms with E-state index in [9.17, 15) is 14.4 Å². The highest BCUT2D eigenvalue weighted by atomic mass is 32.2. The molecule has 0 spiro atoms. The van der Waals surface area contributed by atoms with E-state index in [4.69, 9.17) is 9.47 Å². The summed E-state index contributed by atoms with van der Waals surface area (Å²) in [6.07, 6.45) is 32.7. The van der Waals surface area contributed by atoms with Crippen molar-refractivity contribution >= 4 is 28.9 Å². The van der Waals surface area contributed by atoms with Crippen LogP contribution in [0.2, 0.25) is 0 Å². The molecule has 0 aromatic rings. The summed E-state index contributed by atoms with van der Waals surface area (Å²) in [7, 11) is 6.00. The highest BCUT2D eigenvalue weighted by Gasteiger charge is 2.23. The summed E-state index contributed by atoms with van der Waals surface area (Å²) in [6.45, 7) is 9.91. The van der Waals surface area contributed by atoms with Crippen LogP contribution in [0.4, 0.5) is 4.79 Å². The van der Waals surface area contributed by atoms with Crippen molar-refractivity contribution in [3.63, 3.8) is 0 Å². The number of carbonyl (C=O) groups is 3. The third-order valence-corrected chi connectivity index (χ3v) is 11.8. The summed E-state index contributed by atoms with van der Waals surface area (Å²) in [4.78, 5) is 43.5. The van der Waals surface area contributed by atoms with E-state index in [-0.39, 0.29) is 35.4 Å². The zero-order valence-corrected chi connectivity index (χ0v) is 37.7. The van der Waals surface area contributed by atoms with Gasteiger partial charge in [-0.25, -0.2) is 0 Å². The molecule has 0 unspecified atom stereocenters. The summed E-state index contributed by atoms with van der Waals surface area (Å²) < 4.78 is 12.2. The number of rotatable bonds is 39. The van der Waals surface area contributed by atoms with Crippen LogP contribution in [0.15, 0.2) is 0 Å². The molecule has 7 nitrogen and oxygen atoms in total. The number of thioether (sulfide) groups is 1. The monoisotopic (exact) mass is 783 g/mol. The molecule has 0 saturated carbocycles. The smallest absolute Gasteiger partial charge is 0.306 e. The lowest BCUT2D eigenvalue weighted by Gasteiger charge is -2.28. The van der Waals surface area contributed by atoms with Crippen molar-refractivity contribution in [2.45, 2.75) is 245 Å². The summed E-state index contributed by atoms with van der Waals surface area (Å²) in [5, 5.41) is 0.0707. The third kappa shape index (κ3) is 32.9. The Morgan fingerprint density at radius 1 is 0.463 bits per heavy atom. The van der Waals surface area contributed by atoms with Gasteiger partial charge in [-0.1, -0.05) is 142 Å². The zero-order valence-electron chi connectivity index (χ0n) is 36.9. The van der Waals surface area contributed by atoms with Gasteiger partial charge < -0.3 is 19.3 Å². The van der Waals surface area contributed by atoms with Crippen LogP contribution in [-0.4, -0.2) is 78.7 Å². The maximum atomic E-state index is 13.3. The maximum absolute atomic E-state index is 13.3. The maximum Gasteiger partial charge on any atom is 0.306 e. The van der Waals surface area contributed by atoms with Gasteiger partial charge in [0.2, 0.25) is 0 Å². The van der Waals surface area contributed by atoms with E-state index in [1.54, 1.807) is 0 Å². The number of esters is 2. The van der Waals surface area contributed by atoms with E-state index >= 15 is 0 Å². The Hall–Kier alpha value is -1.28. The van der Waals surface area contributed by atoms with E-state index in [2.05, 4.69) is 46.7 Å². The van der Waals surface area contributed by atoms with Crippen molar-refractivity contribution in [2.75, 3.05) is 33.4 Å². The lowest BCUT2D eigenvalue weighted by Crippen LogP contribution is -2.35. The van der Waals surface area contributed by atoms with Crippen LogP contribution in [0.1, 0.15) is 227 Å². The Balaban J connectivity index is 5.24. The predicted octanol–water partition coefficient (Wildman–Crippen LogP) is 13.7. The van der Waals surface area contributed by atoms with Gasteiger partial charge in [0.25, 0.3) is 5.24 Å². The Bertz CT molecular complexity index is 792. The minimum Gasteiger partial charge on any atom is -0.462 e. The fourth-order valence-corrected chi connectivity index (χ4v) is 8.00. The first kappa shape index (κ1) is 52.7. The molecule has 0 N–H and O–H groups in total. The second-order valence-electron chi connectivity index (χ2n) is 16.4. The SMILES string of the molecule is CCCCCCCC(CCCCCCC)OC(=O)CCCC(CCCC(=O)OC(CCCCCCC)CCCCCCC)N(C)C(=O)SCCCN(C)C. The lowest BCUT2D eigenvalue weighted by atomic mass is 10.0. The van der Waals surface area contributed by atoms with Gasteiger partial charge in [-0.05, 0) is 104 Å². The minimum absolute atomic E-state index is 0.0156. The second kappa shape index (κ2) is 38.6.